The molecule has 0 radical (unpaired) electrons. The van der Waals surface area contributed by atoms with Gasteiger partial charge in [0.1, 0.15) is 0 Å². The van der Waals surface area contributed by atoms with Gasteiger partial charge in [-0.3, -0.25) is 14.4 Å². The maximum atomic E-state index is 13.8. The Morgan fingerprint density at radius 3 is 1.00 bits per heavy atom. The van der Waals surface area contributed by atoms with Gasteiger partial charge in [0.2, 0.25) is 0 Å². The quantitative estimate of drug-likeness (QED) is 0.132. The number of ether oxygens (including phenoxy) is 3. The lowest BCUT2D eigenvalue weighted by molar-refractivity contribution is -0.144. The van der Waals surface area contributed by atoms with Crippen molar-refractivity contribution in [2.45, 2.75) is 40.0 Å². The summed E-state index contributed by atoms with van der Waals surface area (Å²) in [5.41, 5.74) is 0. The largest absolute Gasteiger partial charge is 0.466 e. The molecule has 3 rings (SSSR count). The van der Waals surface area contributed by atoms with Crippen LogP contribution in [0.25, 0.3) is 0 Å². The summed E-state index contributed by atoms with van der Waals surface area (Å²) in [6.45, 7) is 9.63. The minimum atomic E-state index is -4.71. The van der Waals surface area contributed by atoms with Gasteiger partial charge < -0.3 is 38.7 Å². The van der Waals surface area contributed by atoms with E-state index in [-0.39, 0.29) is 37.2 Å². The van der Waals surface area contributed by atoms with Crippen LogP contribution in [-0.4, -0.2) is 173 Å². The maximum Gasteiger partial charge on any atom is 0.404 e. The highest BCUT2D eigenvalue weighted by Crippen LogP contribution is 2.82. The summed E-state index contributed by atoms with van der Waals surface area (Å²) in [5, 5.41) is 0. The van der Waals surface area contributed by atoms with Gasteiger partial charge in [0.05, 0.1) is 39.1 Å². The fraction of sp³-hybridized carbons (Fsp3) is 0.889. The molecule has 0 amide bonds. The van der Waals surface area contributed by atoms with Crippen LogP contribution in [0.3, 0.4) is 0 Å². The lowest BCUT2D eigenvalue weighted by Gasteiger charge is -2.62. The number of rotatable bonds is 16. The van der Waals surface area contributed by atoms with E-state index in [0.717, 1.165) is 0 Å². The van der Waals surface area contributed by atoms with E-state index in [1.807, 2.05) is 12.9 Å². The SMILES string of the molecule is CCOC(=O)CCN1CCN(S(N2CCN(CCC(=O)OCC)CC2)(N2CCN(CCC(=O)OCC)CC2)P(=O)(O)O)CC1. The number of esters is 3. The average Bonchev–Trinajstić information content (AvgIpc) is 3.00. The smallest absolute Gasteiger partial charge is 0.404 e. The molecule has 44 heavy (non-hydrogen) atoms. The second-order valence-electron chi connectivity index (χ2n) is 11.0. The maximum absolute atomic E-state index is 13.8. The monoisotopic (exact) mass is 668 g/mol. The van der Waals surface area contributed by atoms with Crippen LogP contribution in [-0.2, 0) is 33.2 Å². The summed E-state index contributed by atoms with van der Waals surface area (Å²) in [6.07, 6.45) is 0.851. The molecule has 0 spiro atoms. The van der Waals surface area contributed by atoms with E-state index in [4.69, 9.17) is 14.2 Å². The average molecular weight is 669 g/mol. The van der Waals surface area contributed by atoms with Crippen molar-refractivity contribution in [3.8, 4) is 0 Å². The molecule has 0 bridgehead atoms. The van der Waals surface area contributed by atoms with Crippen molar-refractivity contribution in [3.05, 3.63) is 0 Å². The molecule has 0 aromatic rings. The minimum Gasteiger partial charge on any atom is -0.466 e. The van der Waals surface area contributed by atoms with Crippen LogP contribution in [0.15, 0.2) is 0 Å². The standard InChI is InChI=1S/C27H53N6O9PS/c1-4-40-25(34)7-10-28-13-19-31(20-14-28)44(43(37,38)39,32-21-15-29(16-22-32)11-8-26(35)41-5-2)33-23-17-30(18-24-33)12-9-27(36)42-6-3/h4-24H2,1-3H3,(H2,37,38,39). The van der Waals surface area contributed by atoms with Gasteiger partial charge in [-0.2, -0.15) is 0 Å². The van der Waals surface area contributed by atoms with Gasteiger partial charge >= 0.3 is 24.7 Å². The van der Waals surface area contributed by atoms with Gasteiger partial charge in [0, 0.05) is 108 Å². The van der Waals surface area contributed by atoms with Crippen molar-refractivity contribution < 1.29 is 42.9 Å². The molecule has 0 atom stereocenters. The Morgan fingerprint density at radius 1 is 0.545 bits per heavy atom. The highest BCUT2D eigenvalue weighted by Gasteiger charge is 2.56. The molecule has 2 N–H and O–H groups in total. The topological polar surface area (TPSA) is 156 Å². The van der Waals surface area contributed by atoms with Crippen molar-refractivity contribution in [1.82, 2.24) is 27.6 Å². The number of carbonyl (C=O) groups is 3. The first kappa shape index (κ1) is 37.1. The molecule has 3 fully saturated rings. The molecule has 256 valence electrons. The third-order valence-electron chi connectivity index (χ3n) is 8.16. The highest BCUT2D eigenvalue weighted by molar-refractivity contribution is 8.72. The summed E-state index contributed by atoms with van der Waals surface area (Å²) in [4.78, 5) is 64.8. The first-order valence-corrected chi connectivity index (χ1v) is 19.6. The zero-order valence-electron chi connectivity index (χ0n) is 26.6. The molecular formula is C27H53N6O9PS. The second-order valence-corrected chi connectivity index (χ2v) is 17.4. The van der Waals surface area contributed by atoms with Gasteiger partial charge in [-0.25, -0.2) is 17.5 Å². The van der Waals surface area contributed by atoms with Crippen molar-refractivity contribution in [3.63, 3.8) is 0 Å². The number of piperazine rings is 3. The lowest BCUT2D eigenvalue weighted by atomic mass is 10.3. The Hall–Kier alpha value is -1.33. The summed E-state index contributed by atoms with van der Waals surface area (Å²) < 4.78 is 35.1. The molecule has 3 saturated heterocycles. The zero-order valence-corrected chi connectivity index (χ0v) is 28.4. The zero-order chi connectivity index (χ0) is 32.2. The summed E-state index contributed by atoms with van der Waals surface area (Å²) in [7, 11) is -2.90. The number of hydrogen-bond donors (Lipinski definition) is 2. The Bertz CT molecular complexity index is 865. The lowest BCUT2D eigenvalue weighted by Crippen LogP contribution is -2.61. The van der Waals surface area contributed by atoms with E-state index in [2.05, 4.69) is 14.7 Å². The van der Waals surface area contributed by atoms with Crippen molar-refractivity contribution in [2.24, 2.45) is 0 Å². The van der Waals surface area contributed by atoms with Crippen molar-refractivity contribution >= 4 is 34.9 Å². The number of nitrogens with zero attached hydrogens (tertiary/aromatic N) is 6. The Kier molecular flexibility index (Phi) is 15.3. The van der Waals surface area contributed by atoms with Crippen molar-refractivity contribution in [1.29, 1.82) is 0 Å². The van der Waals surface area contributed by atoms with Gasteiger partial charge in [-0.1, -0.05) is 0 Å². The van der Waals surface area contributed by atoms with Crippen LogP contribution in [0.2, 0.25) is 0 Å². The second kappa shape index (κ2) is 18.1. The number of carbonyl (C=O) groups excluding carboxylic acids is 3. The normalized spacial score (nSPS) is 21.2. The number of hydrogen-bond acceptors (Lipinski definition) is 13. The molecule has 0 aromatic carbocycles. The van der Waals surface area contributed by atoms with Crippen LogP contribution in [0, 0.1) is 0 Å². The van der Waals surface area contributed by atoms with E-state index in [9.17, 15) is 28.7 Å². The van der Waals surface area contributed by atoms with E-state index >= 15 is 0 Å². The predicted molar refractivity (Wildman–Crippen MR) is 167 cm³/mol. The molecule has 15 nitrogen and oxygen atoms in total. The minimum absolute atomic E-state index is 0.244. The van der Waals surface area contributed by atoms with Gasteiger partial charge in [-0.05, 0) is 20.8 Å². The Morgan fingerprint density at radius 2 is 0.795 bits per heavy atom. The fourth-order valence-electron chi connectivity index (χ4n) is 5.98. The van der Waals surface area contributed by atoms with Gasteiger partial charge in [0.15, 0.2) is 0 Å². The first-order chi connectivity index (χ1) is 21.0. The van der Waals surface area contributed by atoms with Crippen LogP contribution >= 0.6 is 17.0 Å². The van der Waals surface area contributed by atoms with E-state index in [1.165, 1.54) is 0 Å². The Balaban J connectivity index is 1.75. The molecule has 0 unspecified atom stereocenters. The van der Waals surface area contributed by atoms with Crippen LogP contribution in [0.4, 0.5) is 0 Å². The van der Waals surface area contributed by atoms with E-state index < -0.39 is 17.0 Å². The Labute approximate surface area is 263 Å². The molecule has 0 saturated carbocycles. The highest BCUT2D eigenvalue weighted by atomic mass is 32.8. The van der Waals surface area contributed by atoms with Gasteiger partial charge in [-0.15, -0.1) is 0 Å². The summed E-state index contributed by atoms with van der Waals surface area (Å²) >= 11 is 0. The van der Waals surface area contributed by atoms with Gasteiger partial charge in [0.25, 0.3) is 0 Å². The molecule has 17 heteroatoms. The van der Waals surface area contributed by atoms with Crippen molar-refractivity contribution in [2.75, 3.05) is 118 Å². The van der Waals surface area contributed by atoms with Crippen LogP contribution in [0.5, 0.6) is 0 Å². The molecule has 3 heterocycles. The fourth-order valence-corrected chi connectivity index (χ4v) is 14.0. The summed E-state index contributed by atoms with van der Waals surface area (Å²) in [5.74, 6) is -0.731. The summed E-state index contributed by atoms with van der Waals surface area (Å²) in [6, 6.07) is 0. The van der Waals surface area contributed by atoms with E-state index in [0.29, 0.717) is 118 Å². The molecule has 3 aliphatic heterocycles. The van der Waals surface area contributed by atoms with Crippen LogP contribution in [0.1, 0.15) is 40.0 Å². The molecule has 3 aliphatic rings. The van der Waals surface area contributed by atoms with E-state index in [1.54, 1.807) is 20.8 Å². The third-order valence-corrected chi connectivity index (χ3v) is 16.0. The first-order valence-electron chi connectivity index (χ1n) is 15.8. The van der Waals surface area contributed by atoms with Crippen LogP contribution < -0.4 is 0 Å². The predicted octanol–water partition coefficient (Wildman–Crippen LogP) is 0.341. The third kappa shape index (κ3) is 10.1. The molecule has 0 aromatic heterocycles. The molecule has 0 aliphatic carbocycles. The molecular weight excluding hydrogens is 615 g/mol.